The first-order chi connectivity index (χ1) is 6.43. The van der Waals surface area contributed by atoms with Gasteiger partial charge in [0.25, 0.3) is 0 Å². The number of ether oxygens (including phenoxy) is 1. The van der Waals surface area contributed by atoms with Gasteiger partial charge in [0.1, 0.15) is 0 Å². The number of hydrogen-bond donors (Lipinski definition) is 0. The molecule has 1 saturated carbocycles. The van der Waals surface area contributed by atoms with E-state index < -0.39 is 0 Å². The molecule has 1 heterocycles. The van der Waals surface area contributed by atoms with Crippen molar-refractivity contribution in [2.75, 3.05) is 0 Å². The van der Waals surface area contributed by atoms with Crippen molar-refractivity contribution in [3.63, 3.8) is 0 Å². The summed E-state index contributed by atoms with van der Waals surface area (Å²) in [6, 6.07) is 0. The van der Waals surface area contributed by atoms with Crippen LogP contribution in [-0.4, -0.2) is 12.2 Å². The van der Waals surface area contributed by atoms with Gasteiger partial charge in [-0.15, -0.1) is 0 Å². The Morgan fingerprint density at radius 2 is 2.15 bits per heavy atom. The lowest BCUT2D eigenvalue weighted by atomic mass is 9.88. The van der Waals surface area contributed by atoms with Crippen molar-refractivity contribution in [3.05, 3.63) is 23.3 Å². The third-order valence-electron chi connectivity index (χ3n) is 3.46. The predicted molar refractivity (Wildman–Crippen MR) is 52.5 cm³/mol. The predicted octanol–water partition coefficient (Wildman–Crippen LogP) is 2.97. The van der Waals surface area contributed by atoms with E-state index in [0.717, 1.165) is 0 Å². The highest BCUT2D eigenvalue weighted by molar-refractivity contribution is 5.35. The summed E-state index contributed by atoms with van der Waals surface area (Å²) in [5, 5.41) is 0. The molecule has 0 aromatic rings. The minimum Gasteiger partial charge on any atom is -0.366 e. The summed E-state index contributed by atoms with van der Waals surface area (Å²) in [5.74, 6) is 0. The van der Waals surface area contributed by atoms with E-state index in [1.165, 1.54) is 44.1 Å². The molecule has 0 bridgehead atoms. The van der Waals surface area contributed by atoms with Gasteiger partial charge >= 0.3 is 0 Å². The molecule has 2 atom stereocenters. The van der Waals surface area contributed by atoms with Gasteiger partial charge in [-0.3, -0.25) is 0 Å². The zero-order valence-corrected chi connectivity index (χ0v) is 7.96. The van der Waals surface area contributed by atoms with Gasteiger partial charge in [-0.2, -0.15) is 0 Å². The largest absolute Gasteiger partial charge is 0.366 e. The molecule has 1 aliphatic heterocycles. The topological polar surface area (TPSA) is 9.23 Å². The van der Waals surface area contributed by atoms with Gasteiger partial charge in [0.15, 0.2) is 0 Å². The maximum absolute atomic E-state index is 6.08. The van der Waals surface area contributed by atoms with Gasteiger partial charge in [0.2, 0.25) is 0 Å². The highest BCUT2D eigenvalue weighted by Gasteiger charge is 2.30. The average molecular weight is 176 g/mol. The lowest BCUT2D eigenvalue weighted by Crippen LogP contribution is -2.30. The number of hydrogen-bond acceptors (Lipinski definition) is 1. The second-order valence-electron chi connectivity index (χ2n) is 4.36. The first-order valence-electron chi connectivity index (χ1n) is 5.49. The summed E-state index contributed by atoms with van der Waals surface area (Å²) in [7, 11) is 0. The smallest absolute Gasteiger partial charge is 0.0833 e. The lowest BCUT2D eigenvalue weighted by molar-refractivity contribution is 0.0102. The number of rotatable bonds is 0. The summed E-state index contributed by atoms with van der Waals surface area (Å²) < 4.78 is 6.08. The molecule has 0 amide bonds. The van der Waals surface area contributed by atoms with Crippen LogP contribution >= 0.6 is 0 Å². The maximum Gasteiger partial charge on any atom is 0.0833 e. The minimum absolute atomic E-state index is 0.451. The molecule has 0 N–H and O–H groups in total. The molecule has 13 heavy (non-hydrogen) atoms. The van der Waals surface area contributed by atoms with Crippen molar-refractivity contribution in [1.29, 1.82) is 0 Å². The molecule has 0 aromatic carbocycles. The van der Waals surface area contributed by atoms with E-state index in [1.807, 2.05) is 0 Å². The van der Waals surface area contributed by atoms with Gasteiger partial charge in [-0.25, -0.2) is 0 Å². The zero-order valence-electron chi connectivity index (χ0n) is 7.96. The third-order valence-corrected chi connectivity index (χ3v) is 3.46. The standard InChI is InChI=1S/C12H16O/c1-2-6-11-9(4-1)8-10-5-3-7-12(10)13-11/h5,8,11-12H,1-4,6-7H2/t11-,12-/m0/s1. The molecule has 70 valence electrons. The molecular formula is C12H16O. The first kappa shape index (κ1) is 7.81. The van der Waals surface area contributed by atoms with Crippen LogP contribution in [0.4, 0.5) is 0 Å². The van der Waals surface area contributed by atoms with Crippen LogP contribution < -0.4 is 0 Å². The van der Waals surface area contributed by atoms with Crippen molar-refractivity contribution >= 4 is 0 Å². The van der Waals surface area contributed by atoms with E-state index in [0.29, 0.717) is 12.2 Å². The van der Waals surface area contributed by atoms with Crippen LogP contribution in [0.3, 0.4) is 0 Å². The highest BCUT2D eigenvalue weighted by Crippen LogP contribution is 2.37. The normalized spacial score (nSPS) is 37.5. The van der Waals surface area contributed by atoms with Crippen LogP contribution in [0.2, 0.25) is 0 Å². The average Bonchev–Trinajstić information content (AvgIpc) is 2.61. The molecule has 3 rings (SSSR count). The molecule has 1 fully saturated rings. The van der Waals surface area contributed by atoms with Crippen LogP contribution in [-0.2, 0) is 4.74 Å². The molecular weight excluding hydrogens is 160 g/mol. The quantitative estimate of drug-likeness (QED) is 0.551. The summed E-state index contributed by atoms with van der Waals surface area (Å²) in [4.78, 5) is 0. The van der Waals surface area contributed by atoms with Gasteiger partial charge in [0.05, 0.1) is 12.2 Å². The van der Waals surface area contributed by atoms with Crippen molar-refractivity contribution in [3.8, 4) is 0 Å². The molecule has 2 aliphatic carbocycles. The second kappa shape index (κ2) is 2.98. The van der Waals surface area contributed by atoms with E-state index in [-0.39, 0.29) is 0 Å². The molecule has 0 aromatic heterocycles. The third kappa shape index (κ3) is 1.26. The van der Waals surface area contributed by atoms with E-state index in [2.05, 4.69) is 12.2 Å². The van der Waals surface area contributed by atoms with Gasteiger partial charge < -0.3 is 4.74 Å². The van der Waals surface area contributed by atoms with Gasteiger partial charge in [0, 0.05) is 0 Å². The van der Waals surface area contributed by atoms with Crippen LogP contribution in [0.1, 0.15) is 38.5 Å². The Hall–Kier alpha value is -0.560. The lowest BCUT2D eigenvalue weighted by Gasteiger charge is -2.33. The summed E-state index contributed by atoms with van der Waals surface area (Å²) in [6.07, 6.45) is 13.4. The molecule has 1 nitrogen and oxygen atoms in total. The summed E-state index contributed by atoms with van der Waals surface area (Å²) in [5.41, 5.74) is 3.03. The molecule has 0 unspecified atom stereocenters. The number of fused-ring (bicyclic) bond motifs is 2. The van der Waals surface area contributed by atoms with E-state index in [9.17, 15) is 0 Å². The summed E-state index contributed by atoms with van der Waals surface area (Å²) in [6.45, 7) is 0. The Labute approximate surface area is 79.5 Å². The van der Waals surface area contributed by atoms with Crippen molar-refractivity contribution in [1.82, 2.24) is 0 Å². The minimum atomic E-state index is 0.451. The van der Waals surface area contributed by atoms with Crippen LogP contribution in [0, 0.1) is 0 Å². The Morgan fingerprint density at radius 3 is 3.15 bits per heavy atom. The Morgan fingerprint density at radius 1 is 1.15 bits per heavy atom. The van der Waals surface area contributed by atoms with Crippen molar-refractivity contribution < 1.29 is 4.74 Å². The molecule has 0 radical (unpaired) electrons. The monoisotopic (exact) mass is 176 g/mol. The first-order valence-corrected chi connectivity index (χ1v) is 5.49. The van der Waals surface area contributed by atoms with Crippen LogP contribution in [0.15, 0.2) is 23.3 Å². The van der Waals surface area contributed by atoms with Crippen LogP contribution in [0.25, 0.3) is 0 Å². The fourth-order valence-electron chi connectivity index (χ4n) is 2.74. The van der Waals surface area contributed by atoms with Crippen molar-refractivity contribution in [2.45, 2.75) is 50.7 Å². The van der Waals surface area contributed by atoms with Gasteiger partial charge in [-0.1, -0.05) is 18.6 Å². The fourth-order valence-corrected chi connectivity index (χ4v) is 2.74. The van der Waals surface area contributed by atoms with Gasteiger partial charge in [-0.05, 0) is 43.3 Å². The Bertz CT molecular complexity index is 275. The Kier molecular flexibility index (Phi) is 1.79. The van der Waals surface area contributed by atoms with E-state index >= 15 is 0 Å². The highest BCUT2D eigenvalue weighted by atomic mass is 16.5. The van der Waals surface area contributed by atoms with E-state index in [1.54, 1.807) is 5.57 Å². The molecule has 0 saturated heterocycles. The van der Waals surface area contributed by atoms with E-state index in [4.69, 9.17) is 4.74 Å². The Balaban J connectivity index is 1.90. The molecule has 3 aliphatic rings. The molecule has 0 spiro atoms. The van der Waals surface area contributed by atoms with Crippen molar-refractivity contribution in [2.24, 2.45) is 0 Å². The SMILES string of the molecule is C1=C2C=C3CCCC[C@@H]3O[C@H]2CC1. The summed E-state index contributed by atoms with van der Waals surface area (Å²) >= 11 is 0. The van der Waals surface area contributed by atoms with Crippen LogP contribution in [0.5, 0.6) is 0 Å². The zero-order chi connectivity index (χ0) is 8.67. The number of allylic oxidation sites excluding steroid dienone is 1. The second-order valence-corrected chi connectivity index (χ2v) is 4.36. The maximum atomic E-state index is 6.08. The molecule has 1 heteroatoms. The fraction of sp³-hybridized carbons (Fsp3) is 0.667.